The Bertz CT molecular complexity index is 706. The van der Waals surface area contributed by atoms with E-state index in [1.54, 1.807) is 0 Å². The van der Waals surface area contributed by atoms with Crippen molar-refractivity contribution in [3.05, 3.63) is 29.1 Å². The lowest BCUT2D eigenvalue weighted by molar-refractivity contribution is 0.540. The minimum Gasteiger partial charge on any atom is -0.326 e. The van der Waals surface area contributed by atoms with Crippen molar-refractivity contribution in [3.8, 4) is 0 Å². The van der Waals surface area contributed by atoms with Crippen LogP contribution in [0.1, 0.15) is 31.6 Å². The Hall–Kier alpha value is -0.950. The molecule has 0 aliphatic rings. The molecular weight excluding hydrogens is 304 g/mol. The lowest BCUT2D eigenvalue weighted by Gasteiger charge is -2.09. The van der Waals surface area contributed by atoms with Gasteiger partial charge in [0, 0.05) is 28.1 Å². The summed E-state index contributed by atoms with van der Waals surface area (Å²) in [6.45, 7) is 4.97. The summed E-state index contributed by atoms with van der Waals surface area (Å²) in [7, 11) is -3.50. The highest BCUT2D eigenvalue weighted by Gasteiger charge is 2.23. The molecule has 0 bridgehead atoms. The molecule has 0 saturated heterocycles. The van der Waals surface area contributed by atoms with Crippen molar-refractivity contribution in [2.24, 2.45) is 11.7 Å². The maximum absolute atomic E-state index is 12.6. The van der Waals surface area contributed by atoms with Gasteiger partial charge >= 0.3 is 0 Å². The van der Waals surface area contributed by atoms with Gasteiger partial charge in [0.05, 0.1) is 0 Å². The highest BCUT2D eigenvalue weighted by atomic mass is 32.2. The summed E-state index contributed by atoms with van der Waals surface area (Å²) in [4.78, 5) is 1.07. The molecule has 2 rings (SSSR count). The van der Waals surface area contributed by atoms with Gasteiger partial charge in [0.1, 0.15) is 4.90 Å². The molecule has 0 aliphatic carbocycles. The molecule has 0 radical (unpaired) electrons. The minimum absolute atomic E-state index is 0.238. The average molecular weight is 326 g/mol. The van der Waals surface area contributed by atoms with Gasteiger partial charge in [0.2, 0.25) is 10.0 Å². The first-order chi connectivity index (χ1) is 9.95. The number of fused-ring (bicyclic) bond motifs is 1. The third kappa shape index (κ3) is 3.83. The van der Waals surface area contributed by atoms with Crippen molar-refractivity contribution in [3.63, 3.8) is 0 Å². The smallest absolute Gasteiger partial charge is 0.242 e. The zero-order valence-corrected chi connectivity index (χ0v) is 14.1. The number of benzene rings is 1. The highest BCUT2D eigenvalue weighted by Crippen LogP contribution is 2.34. The first-order valence-corrected chi connectivity index (χ1v) is 9.46. The number of nitrogens with two attached hydrogens (primary N) is 1. The minimum atomic E-state index is -3.50. The fourth-order valence-corrected chi connectivity index (χ4v) is 5.20. The van der Waals surface area contributed by atoms with E-state index < -0.39 is 10.0 Å². The predicted molar refractivity (Wildman–Crippen MR) is 89.0 cm³/mol. The molecule has 1 aromatic carbocycles. The van der Waals surface area contributed by atoms with Gasteiger partial charge in [-0.15, -0.1) is 11.3 Å². The highest BCUT2D eigenvalue weighted by molar-refractivity contribution is 7.90. The molecule has 6 heteroatoms. The normalized spacial score (nSPS) is 12.4. The Morgan fingerprint density at radius 3 is 2.67 bits per heavy atom. The summed E-state index contributed by atoms with van der Waals surface area (Å²) in [5, 5.41) is 0.763. The van der Waals surface area contributed by atoms with Crippen molar-refractivity contribution < 1.29 is 8.42 Å². The predicted octanol–water partition coefficient (Wildman–Crippen LogP) is 3.07. The van der Waals surface area contributed by atoms with Gasteiger partial charge in [0.25, 0.3) is 0 Å². The lowest BCUT2D eigenvalue weighted by atomic mass is 10.1. The largest absolute Gasteiger partial charge is 0.326 e. The molecule has 0 aliphatic heterocycles. The van der Waals surface area contributed by atoms with Gasteiger partial charge in [-0.3, -0.25) is 0 Å². The number of thiophene rings is 1. The number of sulfonamides is 1. The van der Waals surface area contributed by atoms with Crippen LogP contribution in [0.2, 0.25) is 0 Å². The van der Waals surface area contributed by atoms with Crippen LogP contribution in [0, 0.1) is 5.92 Å². The molecule has 1 heterocycles. The molecule has 0 unspecified atom stereocenters. The second kappa shape index (κ2) is 6.87. The average Bonchev–Trinajstić information content (AvgIpc) is 2.82. The molecule has 0 saturated carbocycles. The van der Waals surface area contributed by atoms with Gasteiger partial charge < -0.3 is 5.73 Å². The van der Waals surface area contributed by atoms with E-state index >= 15 is 0 Å². The summed E-state index contributed by atoms with van der Waals surface area (Å²) in [6, 6.07) is 7.53. The summed E-state index contributed by atoms with van der Waals surface area (Å²) >= 11 is 1.45. The SMILES string of the molecule is CC(C)CCCNS(=O)(=O)c1c(CN)sc2ccccc12. The van der Waals surface area contributed by atoms with Gasteiger partial charge in [-0.2, -0.15) is 0 Å². The van der Waals surface area contributed by atoms with Crippen LogP contribution in [0.3, 0.4) is 0 Å². The van der Waals surface area contributed by atoms with E-state index in [0.29, 0.717) is 22.2 Å². The molecule has 21 heavy (non-hydrogen) atoms. The lowest BCUT2D eigenvalue weighted by Crippen LogP contribution is -2.26. The molecule has 0 fully saturated rings. The van der Waals surface area contributed by atoms with Crippen LogP contribution in [0.25, 0.3) is 10.1 Å². The molecule has 1 aromatic heterocycles. The van der Waals surface area contributed by atoms with Crippen molar-refractivity contribution >= 4 is 31.4 Å². The number of rotatable bonds is 7. The third-order valence-electron chi connectivity index (χ3n) is 3.32. The second-order valence-corrected chi connectivity index (χ2v) is 8.33. The van der Waals surface area contributed by atoms with Crippen LogP contribution in [0.15, 0.2) is 29.2 Å². The molecule has 0 atom stereocenters. The Labute approximate surface area is 130 Å². The van der Waals surface area contributed by atoms with E-state index in [0.717, 1.165) is 22.9 Å². The Morgan fingerprint density at radius 2 is 2.00 bits per heavy atom. The number of hydrogen-bond acceptors (Lipinski definition) is 4. The van der Waals surface area contributed by atoms with Gasteiger partial charge in [-0.1, -0.05) is 32.0 Å². The topological polar surface area (TPSA) is 72.2 Å². The molecule has 0 spiro atoms. The first kappa shape index (κ1) is 16.4. The van der Waals surface area contributed by atoms with Crippen LogP contribution in [0.4, 0.5) is 0 Å². The standard InChI is InChI=1S/C15H22N2O2S2/c1-11(2)6-5-9-17-21(18,19)15-12-7-3-4-8-13(12)20-14(15)10-16/h3-4,7-8,11,17H,5-6,9-10,16H2,1-2H3. The van der Waals surface area contributed by atoms with Gasteiger partial charge in [-0.05, 0) is 24.8 Å². The van der Waals surface area contributed by atoms with Crippen molar-refractivity contribution in [1.82, 2.24) is 4.72 Å². The number of hydrogen-bond donors (Lipinski definition) is 2. The van der Waals surface area contributed by atoms with Crippen LogP contribution < -0.4 is 10.5 Å². The van der Waals surface area contributed by atoms with E-state index in [4.69, 9.17) is 5.73 Å². The van der Waals surface area contributed by atoms with Gasteiger partial charge in [0.15, 0.2) is 0 Å². The summed E-state index contributed by atoms with van der Waals surface area (Å²) in [5.41, 5.74) is 5.72. The van der Waals surface area contributed by atoms with Crippen LogP contribution in [0.5, 0.6) is 0 Å². The van der Waals surface area contributed by atoms with E-state index in [1.807, 2.05) is 24.3 Å². The van der Waals surface area contributed by atoms with Crippen LogP contribution in [-0.2, 0) is 16.6 Å². The fourth-order valence-electron chi connectivity index (χ4n) is 2.29. The van der Waals surface area contributed by atoms with Gasteiger partial charge in [-0.25, -0.2) is 13.1 Å². The Kier molecular flexibility index (Phi) is 5.37. The molecule has 116 valence electrons. The van der Waals surface area contributed by atoms with Crippen LogP contribution in [-0.4, -0.2) is 15.0 Å². The third-order valence-corrected chi connectivity index (χ3v) is 6.23. The molecule has 2 aromatic rings. The summed E-state index contributed by atoms with van der Waals surface area (Å²) in [6.07, 6.45) is 1.85. The monoisotopic (exact) mass is 326 g/mol. The molecule has 3 N–H and O–H groups in total. The second-order valence-electron chi connectivity index (χ2n) is 5.49. The maximum Gasteiger partial charge on any atom is 0.242 e. The fraction of sp³-hybridized carbons (Fsp3) is 0.467. The van der Waals surface area contributed by atoms with E-state index in [9.17, 15) is 8.42 Å². The molecule has 0 amide bonds. The van der Waals surface area contributed by atoms with Crippen molar-refractivity contribution in [2.45, 2.75) is 38.1 Å². The van der Waals surface area contributed by atoms with Crippen molar-refractivity contribution in [1.29, 1.82) is 0 Å². The zero-order valence-electron chi connectivity index (χ0n) is 12.4. The van der Waals surface area contributed by atoms with Crippen molar-refractivity contribution in [2.75, 3.05) is 6.54 Å². The molecular formula is C15H22N2O2S2. The molecule has 4 nitrogen and oxygen atoms in total. The zero-order chi connectivity index (χ0) is 15.5. The van der Waals surface area contributed by atoms with E-state index in [1.165, 1.54) is 11.3 Å². The first-order valence-electron chi connectivity index (χ1n) is 7.16. The summed E-state index contributed by atoms with van der Waals surface area (Å²) in [5.74, 6) is 0.580. The Morgan fingerprint density at radius 1 is 1.29 bits per heavy atom. The maximum atomic E-state index is 12.6. The number of nitrogens with one attached hydrogen (secondary N) is 1. The van der Waals surface area contributed by atoms with E-state index in [-0.39, 0.29) is 6.54 Å². The summed E-state index contributed by atoms with van der Waals surface area (Å²) < 4.78 is 28.8. The van der Waals surface area contributed by atoms with Crippen LogP contribution >= 0.6 is 11.3 Å². The Balaban J connectivity index is 2.27. The van der Waals surface area contributed by atoms with E-state index in [2.05, 4.69) is 18.6 Å². The quantitative estimate of drug-likeness (QED) is 0.768.